The predicted molar refractivity (Wildman–Crippen MR) is 96.7 cm³/mol. The molecule has 0 fully saturated rings. The van der Waals surface area contributed by atoms with E-state index in [4.69, 9.17) is 0 Å². The summed E-state index contributed by atoms with van der Waals surface area (Å²) < 4.78 is 17.3. The van der Waals surface area contributed by atoms with E-state index < -0.39 is 0 Å². The summed E-state index contributed by atoms with van der Waals surface area (Å²) in [4.78, 5) is 11.5. The fourth-order valence-electron chi connectivity index (χ4n) is 3.15. The van der Waals surface area contributed by atoms with Crippen LogP contribution >= 0.6 is 15.9 Å². The molecular weight excluding hydrogens is 389 g/mol. The fraction of sp³-hybridized carbons (Fsp3) is 0.0556. The maximum Gasteiger partial charge on any atom is 0.249 e. The third-order valence-electron chi connectivity index (χ3n) is 4.27. The lowest BCUT2D eigenvalue weighted by molar-refractivity contribution is -0.645. The van der Waals surface area contributed by atoms with Gasteiger partial charge in [-0.2, -0.15) is 4.57 Å². The molecule has 0 spiro atoms. The Labute approximate surface area is 150 Å². The Hall–Kier alpha value is -2.80. The minimum Gasteiger partial charge on any atom is -0.503 e. The molecule has 0 aliphatic heterocycles. The van der Waals surface area contributed by atoms with Crippen LogP contribution in [0, 0.1) is 10.7 Å². The van der Waals surface area contributed by atoms with Crippen molar-refractivity contribution in [2.75, 3.05) is 0 Å². The Morgan fingerprint density at radius 2 is 1.92 bits per heavy atom. The van der Waals surface area contributed by atoms with Gasteiger partial charge in [0.05, 0.1) is 11.5 Å². The van der Waals surface area contributed by atoms with Gasteiger partial charge in [-0.1, -0.05) is 24.3 Å². The number of rotatable bonds is 2. The number of imidazole rings is 1. The average molecular weight is 401 g/mol. The zero-order valence-electron chi connectivity index (χ0n) is 13.1. The standard InChI is InChI=1S/C18H11BrFN3O2/c1-22-9-23(10-6-7-14(20)13(19)8-10)17-16(22)15(21-25)11-4-2-3-5-12(11)18(17)24/h2-9H,1H3/p+1. The second-order valence-corrected chi connectivity index (χ2v) is 6.58. The van der Waals surface area contributed by atoms with Crippen molar-refractivity contribution in [1.82, 2.24) is 4.57 Å². The maximum absolute atomic E-state index is 13.6. The molecule has 1 heterocycles. The van der Waals surface area contributed by atoms with Gasteiger partial charge in [-0.25, -0.2) is 8.96 Å². The largest absolute Gasteiger partial charge is 0.503 e. The lowest BCUT2D eigenvalue weighted by Gasteiger charge is -2.05. The van der Waals surface area contributed by atoms with Crippen molar-refractivity contribution in [3.8, 4) is 11.4 Å². The van der Waals surface area contributed by atoms with E-state index in [9.17, 15) is 14.4 Å². The Morgan fingerprint density at radius 1 is 1.20 bits per heavy atom. The molecule has 0 aliphatic carbocycles. The average Bonchev–Trinajstić information content (AvgIpc) is 2.96. The van der Waals surface area contributed by atoms with E-state index >= 15 is 0 Å². The third-order valence-corrected chi connectivity index (χ3v) is 4.87. The van der Waals surface area contributed by atoms with E-state index in [2.05, 4.69) is 21.1 Å². The van der Waals surface area contributed by atoms with Crippen LogP contribution in [0.1, 0.15) is 0 Å². The second-order valence-electron chi connectivity index (χ2n) is 5.73. The lowest BCUT2D eigenvalue weighted by atomic mass is 10.1. The summed E-state index contributed by atoms with van der Waals surface area (Å²) in [5.74, 6) is -0.339. The number of hydrogen-bond donors (Lipinski definition) is 1. The molecule has 3 aromatic carbocycles. The first-order valence-electron chi connectivity index (χ1n) is 7.46. The number of hydrogen-bond acceptors (Lipinski definition) is 3. The van der Waals surface area contributed by atoms with Gasteiger partial charge in [-0.15, -0.1) is 4.91 Å². The Bertz CT molecular complexity index is 1170. The molecule has 4 aromatic rings. The van der Waals surface area contributed by atoms with E-state index in [1.54, 1.807) is 58.9 Å². The molecule has 0 aliphatic rings. The van der Waals surface area contributed by atoms with E-state index in [0.717, 1.165) is 0 Å². The van der Waals surface area contributed by atoms with Crippen LogP contribution in [0.4, 0.5) is 10.1 Å². The van der Waals surface area contributed by atoms with Crippen molar-refractivity contribution in [1.29, 1.82) is 0 Å². The van der Waals surface area contributed by atoms with Gasteiger partial charge in [0.1, 0.15) is 11.5 Å². The van der Waals surface area contributed by atoms with Gasteiger partial charge in [0.2, 0.25) is 17.4 Å². The number of benzene rings is 3. The number of phenolic OH excluding ortho intramolecular Hbond substituents is 1. The zero-order chi connectivity index (χ0) is 17.7. The van der Waals surface area contributed by atoms with Crippen LogP contribution in [0.25, 0.3) is 27.5 Å². The molecule has 7 heteroatoms. The molecule has 0 amide bonds. The van der Waals surface area contributed by atoms with Crippen molar-refractivity contribution < 1.29 is 14.1 Å². The maximum atomic E-state index is 13.6. The lowest BCUT2D eigenvalue weighted by Crippen LogP contribution is -2.25. The molecule has 0 saturated heterocycles. The Kier molecular flexibility index (Phi) is 3.54. The number of halogens is 2. The molecule has 124 valence electrons. The molecule has 25 heavy (non-hydrogen) atoms. The van der Waals surface area contributed by atoms with Crippen LogP contribution < -0.4 is 4.57 Å². The second kappa shape index (κ2) is 5.63. The minimum absolute atomic E-state index is 0.0408. The molecule has 0 unspecified atom stereocenters. The highest BCUT2D eigenvalue weighted by atomic mass is 79.9. The number of fused-ring (bicyclic) bond motifs is 2. The topological polar surface area (TPSA) is 58.5 Å². The van der Waals surface area contributed by atoms with Gasteiger partial charge in [0.15, 0.2) is 11.4 Å². The third kappa shape index (κ3) is 2.23. The highest BCUT2D eigenvalue weighted by Gasteiger charge is 2.27. The van der Waals surface area contributed by atoms with E-state index in [0.29, 0.717) is 32.0 Å². The molecule has 0 bridgehead atoms. The quantitative estimate of drug-likeness (QED) is 0.394. The van der Waals surface area contributed by atoms with Crippen molar-refractivity contribution in [3.63, 3.8) is 0 Å². The molecular formula is C18H12BrFN3O2+. The molecule has 5 nitrogen and oxygen atoms in total. The summed E-state index contributed by atoms with van der Waals surface area (Å²) in [6.45, 7) is 0. The first-order valence-corrected chi connectivity index (χ1v) is 8.25. The first-order chi connectivity index (χ1) is 12.0. The number of aromatic hydroxyl groups is 1. The normalized spacial score (nSPS) is 11.3. The SMILES string of the molecule is C[n+]1cn(-c2ccc(F)c(Br)c2)c2c(O)c3ccccc3c(N=O)c21. The Morgan fingerprint density at radius 3 is 2.60 bits per heavy atom. The van der Waals surface area contributed by atoms with Crippen LogP contribution in [0.2, 0.25) is 0 Å². The van der Waals surface area contributed by atoms with Gasteiger partial charge in [-0.3, -0.25) is 0 Å². The number of aromatic nitrogens is 2. The summed E-state index contributed by atoms with van der Waals surface area (Å²) >= 11 is 3.17. The van der Waals surface area contributed by atoms with Gasteiger partial charge in [-0.05, 0) is 33.2 Å². The fourth-order valence-corrected chi connectivity index (χ4v) is 3.52. The van der Waals surface area contributed by atoms with Crippen LogP contribution in [-0.2, 0) is 7.05 Å². The molecule has 0 radical (unpaired) electrons. The van der Waals surface area contributed by atoms with Crippen molar-refractivity contribution >= 4 is 43.4 Å². The highest BCUT2D eigenvalue weighted by molar-refractivity contribution is 9.10. The molecule has 0 saturated carbocycles. The first kappa shape index (κ1) is 15.7. The summed E-state index contributed by atoms with van der Waals surface area (Å²) in [5.41, 5.74) is 1.84. The number of nitrogens with zero attached hydrogens (tertiary/aromatic N) is 3. The molecule has 1 aromatic heterocycles. The highest BCUT2D eigenvalue weighted by Crippen LogP contribution is 2.41. The van der Waals surface area contributed by atoms with Crippen molar-refractivity contribution in [3.05, 3.63) is 64.0 Å². The van der Waals surface area contributed by atoms with Gasteiger partial charge in [0.25, 0.3) is 0 Å². The molecule has 4 rings (SSSR count). The van der Waals surface area contributed by atoms with E-state index in [1.807, 2.05) is 0 Å². The summed E-state index contributed by atoms with van der Waals surface area (Å²) in [6, 6.07) is 11.6. The number of nitroso groups, excluding NO2 is 1. The molecule has 0 atom stereocenters. The minimum atomic E-state index is -0.380. The monoisotopic (exact) mass is 400 g/mol. The zero-order valence-corrected chi connectivity index (χ0v) is 14.7. The Balaban J connectivity index is 2.20. The van der Waals surface area contributed by atoms with Crippen molar-refractivity contribution in [2.45, 2.75) is 0 Å². The van der Waals surface area contributed by atoms with Crippen LogP contribution in [0.5, 0.6) is 5.75 Å². The smallest absolute Gasteiger partial charge is 0.249 e. The predicted octanol–water partition coefficient (Wildman–Crippen LogP) is 4.61. The van der Waals surface area contributed by atoms with Crippen LogP contribution in [0.3, 0.4) is 0 Å². The molecule has 1 N–H and O–H groups in total. The summed E-state index contributed by atoms with van der Waals surface area (Å²) in [5, 5.41) is 15.2. The van der Waals surface area contributed by atoms with Gasteiger partial charge < -0.3 is 5.11 Å². The van der Waals surface area contributed by atoms with E-state index in [1.165, 1.54) is 6.07 Å². The number of phenols is 1. The van der Waals surface area contributed by atoms with Crippen LogP contribution in [-0.4, -0.2) is 9.67 Å². The van der Waals surface area contributed by atoms with Crippen molar-refractivity contribution in [2.24, 2.45) is 12.2 Å². The van der Waals surface area contributed by atoms with Gasteiger partial charge in [0, 0.05) is 16.8 Å². The van der Waals surface area contributed by atoms with Gasteiger partial charge >= 0.3 is 0 Å². The number of aryl methyl sites for hydroxylation is 1. The summed E-state index contributed by atoms with van der Waals surface area (Å²) in [7, 11) is 1.76. The van der Waals surface area contributed by atoms with E-state index in [-0.39, 0.29) is 17.3 Å². The summed E-state index contributed by atoms with van der Waals surface area (Å²) in [6.07, 6.45) is 1.72. The van der Waals surface area contributed by atoms with Crippen LogP contribution in [0.15, 0.2) is 58.4 Å².